The van der Waals surface area contributed by atoms with Gasteiger partial charge in [-0.05, 0) is 43.0 Å². The van der Waals surface area contributed by atoms with Crippen LogP contribution in [0.15, 0.2) is 54.6 Å². The van der Waals surface area contributed by atoms with Crippen molar-refractivity contribution in [2.24, 2.45) is 0 Å². The fraction of sp³-hybridized carbons (Fsp3) is 0.316. The Morgan fingerprint density at radius 2 is 1.86 bits per heavy atom. The van der Waals surface area contributed by atoms with Crippen molar-refractivity contribution in [1.29, 1.82) is 0 Å². The molecule has 2 aromatic carbocycles. The Labute approximate surface area is 131 Å². The summed E-state index contributed by atoms with van der Waals surface area (Å²) < 4.78 is 0. The molecular formula is C19H22N2O. The largest absolute Gasteiger partial charge is 0.350 e. The molecule has 3 heteroatoms. The molecule has 1 aliphatic rings. The first-order valence-corrected chi connectivity index (χ1v) is 7.96. The van der Waals surface area contributed by atoms with Gasteiger partial charge in [-0.1, -0.05) is 48.5 Å². The number of carbonyl (C=O) groups excluding carboxylic acids is 1. The summed E-state index contributed by atoms with van der Waals surface area (Å²) in [4.78, 5) is 12.5. The fourth-order valence-electron chi connectivity index (χ4n) is 2.95. The van der Waals surface area contributed by atoms with Crippen LogP contribution >= 0.6 is 0 Å². The first-order chi connectivity index (χ1) is 10.8. The van der Waals surface area contributed by atoms with Gasteiger partial charge in [0.05, 0.1) is 0 Å². The Hall–Kier alpha value is -2.13. The number of carbonyl (C=O) groups is 1. The average Bonchev–Trinajstić information content (AvgIpc) is 3.08. The van der Waals surface area contributed by atoms with E-state index in [0.29, 0.717) is 12.6 Å². The zero-order valence-corrected chi connectivity index (χ0v) is 12.7. The molecular weight excluding hydrogens is 272 g/mol. The van der Waals surface area contributed by atoms with Crippen LogP contribution in [0.4, 0.5) is 0 Å². The molecule has 1 amide bonds. The van der Waals surface area contributed by atoms with Crippen LogP contribution in [-0.2, 0) is 6.42 Å². The molecule has 22 heavy (non-hydrogen) atoms. The van der Waals surface area contributed by atoms with Crippen molar-refractivity contribution < 1.29 is 4.79 Å². The molecule has 1 heterocycles. The number of hydrogen-bond acceptors (Lipinski definition) is 2. The molecule has 1 saturated heterocycles. The quantitative estimate of drug-likeness (QED) is 0.890. The normalized spacial score (nSPS) is 17.4. The summed E-state index contributed by atoms with van der Waals surface area (Å²) in [5.74, 6) is 0.0280. The monoisotopic (exact) mass is 294 g/mol. The fourth-order valence-corrected chi connectivity index (χ4v) is 2.95. The van der Waals surface area contributed by atoms with Gasteiger partial charge in [0.15, 0.2) is 0 Å². The van der Waals surface area contributed by atoms with Crippen molar-refractivity contribution in [2.45, 2.75) is 25.3 Å². The maximum Gasteiger partial charge on any atom is 0.251 e. The second kappa shape index (κ2) is 7.23. The van der Waals surface area contributed by atoms with Crippen LogP contribution in [0.2, 0.25) is 0 Å². The van der Waals surface area contributed by atoms with E-state index >= 15 is 0 Å². The van der Waals surface area contributed by atoms with E-state index in [1.807, 2.05) is 42.5 Å². The van der Waals surface area contributed by atoms with Crippen LogP contribution in [0.3, 0.4) is 0 Å². The summed E-state index contributed by atoms with van der Waals surface area (Å²) in [6.45, 7) is 1.77. The number of amides is 1. The molecule has 2 aromatic rings. The van der Waals surface area contributed by atoms with Crippen molar-refractivity contribution in [1.82, 2.24) is 10.6 Å². The number of rotatable bonds is 5. The second-order valence-corrected chi connectivity index (χ2v) is 5.82. The van der Waals surface area contributed by atoms with E-state index < -0.39 is 0 Å². The van der Waals surface area contributed by atoms with Crippen molar-refractivity contribution in [2.75, 3.05) is 13.1 Å². The molecule has 0 radical (unpaired) electrons. The Kier molecular flexibility index (Phi) is 4.86. The smallest absolute Gasteiger partial charge is 0.251 e. The van der Waals surface area contributed by atoms with Crippen LogP contribution in [0.5, 0.6) is 0 Å². The molecule has 3 rings (SSSR count). The highest BCUT2D eigenvalue weighted by Gasteiger charge is 2.16. The highest BCUT2D eigenvalue weighted by atomic mass is 16.1. The molecule has 2 N–H and O–H groups in total. The summed E-state index contributed by atoms with van der Waals surface area (Å²) in [7, 11) is 0. The maximum atomic E-state index is 12.5. The number of benzene rings is 2. The minimum absolute atomic E-state index is 0.0280. The SMILES string of the molecule is O=C(NCC1CCCN1)c1ccccc1Cc1ccccc1. The van der Waals surface area contributed by atoms with Crippen LogP contribution in [-0.4, -0.2) is 25.0 Å². The second-order valence-electron chi connectivity index (χ2n) is 5.82. The van der Waals surface area contributed by atoms with Gasteiger partial charge in [0.2, 0.25) is 0 Å². The predicted molar refractivity (Wildman–Crippen MR) is 89.0 cm³/mol. The highest BCUT2D eigenvalue weighted by molar-refractivity contribution is 5.95. The lowest BCUT2D eigenvalue weighted by atomic mass is 9.99. The molecule has 114 valence electrons. The zero-order chi connectivity index (χ0) is 15.2. The van der Waals surface area contributed by atoms with Gasteiger partial charge >= 0.3 is 0 Å². The lowest BCUT2D eigenvalue weighted by Crippen LogP contribution is -2.37. The lowest BCUT2D eigenvalue weighted by Gasteiger charge is -2.13. The summed E-state index contributed by atoms with van der Waals surface area (Å²) >= 11 is 0. The van der Waals surface area contributed by atoms with E-state index in [-0.39, 0.29) is 5.91 Å². The van der Waals surface area contributed by atoms with Crippen molar-refractivity contribution in [3.05, 3.63) is 71.3 Å². The lowest BCUT2D eigenvalue weighted by molar-refractivity contribution is 0.0949. The van der Waals surface area contributed by atoms with Crippen LogP contribution in [0.25, 0.3) is 0 Å². The van der Waals surface area contributed by atoms with E-state index in [1.54, 1.807) is 0 Å². The molecule has 1 unspecified atom stereocenters. The van der Waals surface area contributed by atoms with Gasteiger partial charge in [0.25, 0.3) is 5.91 Å². The minimum Gasteiger partial charge on any atom is -0.350 e. The zero-order valence-electron chi connectivity index (χ0n) is 12.7. The van der Waals surface area contributed by atoms with Gasteiger partial charge in [0.1, 0.15) is 0 Å². The Balaban J connectivity index is 1.68. The summed E-state index contributed by atoms with van der Waals surface area (Å²) in [5, 5.41) is 6.47. The third-order valence-electron chi connectivity index (χ3n) is 4.17. The number of nitrogens with one attached hydrogen (secondary N) is 2. The molecule has 1 aliphatic heterocycles. The van der Waals surface area contributed by atoms with Gasteiger partial charge in [-0.25, -0.2) is 0 Å². The molecule has 1 atom stereocenters. The molecule has 0 saturated carbocycles. The Morgan fingerprint density at radius 3 is 2.64 bits per heavy atom. The van der Waals surface area contributed by atoms with Gasteiger partial charge in [-0.3, -0.25) is 4.79 Å². The van der Waals surface area contributed by atoms with Crippen LogP contribution in [0.1, 0.15) is 34.3 Å². The molecule has 3 nitrogen and oxygen atoms in total. The number of hydrogen-bond donors (Lipinski definition) is 2. The molecule has 0 aliphatic carbocycles. The average molecular weight is 294 g/mol. The van der Waals surface area contributed by atoms with Crippen LogP contribution < -0.4 is 10.6 Å². The molecule has 0 bridgehead atoms. The minimum atomic E-state index is 0.0280. The van der Waals surface area contributed by atoms with E-state index in [1.165, 1.54) is 12.0 Å². The molecule has 0 spiro atoms. The third kappa shape index (κ3) is 3.74. The van der Waals surface area contributed by atoms with E-state index in [4.69, 9.17) is 0 Å². The van der Waals surface area contributed by atoms with Gasteiger partial charge in [-0.15, -0.1) is 0 Å². The predicted octanol–water partition coefficient (Wildman–Crippen LogP) is 2.76. The first-order valence-electron chi connectivity index (χ1n) is 7.96. The topological polar surface area (TPSA) is 41.1 Å². The Morgan fingerprint density at radius 1 is 1.09 bits per heavy atom. The summed E-state index contributed by atoms with van der Waals surface area (Å²) in [6.07, 6.45) is 3.13. The third-order valence-corrected chi connectivity index (χ3v) is 4.17. The van der Waals surface area contributed by atoms with E-state index in [2.05, 4.69) is 22.8 Å². The van der Waals surface area contributed by atoms with E-state index in [9.17, 15) is 4.79 Å². The van der Waals surface area contributed by atoms with Gasteiger partial charge in [-0.2, -0.15) is 0 Å². The summed E-state index contributed by atoms with van der Waals surface area (Å²) in [6, 6.07) is 18.6. The van der Waals surface area contributed by atoms with E-state index in [0.717, 1.165) is 30.5 Å². The molecule has 1 fully saturated rings. The Bertz CT molecular complexity index is 618. The first kappa shape index (κ1) is 14.8. The maximum absolute atomic E-state index is 12.5. The molecule has 0 aromatic heterocycles. The van der Waals surface area contributed by atoms with Crippen molar-refractivity contribution in [3.8, 4) is 0 Å². The van der Waals surface area contributed by atoms with Crippen molar-refractivity contribution >= 4 is 5.91 Å². The van der Waals surface area contributed by atoms with Crippen molar-refractivity contribution in [3.63, 3.8) is 0 Å². The van der Waals surface area contributed by atoms with Crippen LogP contribution in [0, 0.1) is 0 Å². The highest BCUT2D eigenvalue weighted by Crippen LogP contribution is 2.14. The summed E-state index contributed by atoms with van der Waals surface area (Å²) in [5.41, 5.74) is 3.08. The van der Waals surface area contributed by atoms with Gasteiger partial charge < -0.3 is 10.6 Å². The van der Waals surface area contributed by atoms with Gasteiger partial charge in [0, 0.05) is 18.2 Å². The standard InChI is InChI=1S/C19H22N2O/c22-19(21-14-17-10-6-12-20-17)18-11-5-4-9-16(18)13-15-7-2-1-3-8-15/h1-5,7-9,11,17,20H,6,10,12-14H2,(H,21,22).